The Bertz CT molecular complexity index is 674. The number of rotatable bonds is 5. The van der Waals surface area contributed by atoms with E-state index < -0.39 is 23.7 Å². The van der Waals surface area contributed by atoms with E-state index in [9.17, 15) is 9.59 Å². The van der Waals surface area contributed by atoms with Gasteiger partial charge in [0.1, 0.15) is 17.5 Å². The second-order valence-corrected chi connectivity index (χ2v) is 8.30. The van der Waals surface area contributed by atoms with E-state index in [0.717, 1.165) is 13.6 Å². The van der Waals surface area contributed by atoms with Gasteiger partial charge in [-0.25, -0.2) is 9.59 Å². The van der Waals surface area contributed by atoms with Crippen LogP contribution in [0.5, 0.6) is 0 Å². The lowest BCUT2D eigenvalue weighted by Crippen LogP contribution is -2.42. The monoisotopic (exact) mass is 525 g/mol. The number of ether oxygens (including phenoxy) is 1. The molecular formula is C16H21BrIN3O4. The van der Waals surface area contributed by atoms with Crippen LogP contribution in [-0.2, 0) is 20.8 Å². The van der Waals surface area contributed by atoms with Crippen LogP contribution in [-0.4, -0.2) is 29.5 Å². The summed E-state index contributed by atoms with van der Waals surface area (Å²) in [5.74, 6) is -0.594. The molecule has 3 N–H and O–H groups in total. The fourth-order valence-corrected chi connectivity index (χ4v) is 2.38. The first-order chi connectivity index (χ1) is 11.5. The zero-order valence-electron chi connectivity index (χ0n) is 14.4. The number of hydrogen-bond donors (Lipinski definition) is 2. The Hall–Kier alpha value is -1.36. The summed E-state index contributed by atoms with van der Waals surface area (Å²) in [5, 5.41) is 5.98. The highest BCUT2D eigenvalue weighted by molar-refractivity contribution is 14.1. The van der Waals surface area contributed by atoms with Crippen molar-refractivity contribution in [3.8, 4) is 0 Å². The summed E-state index contributed by atoms with van der Waals surface area (Å²) in [7, 11) is 0. The Labute approximate surface area is 168 Å². The molecule has 0 aromatic heterocycles. The maximum absolute atomic E-state index is 11.8. The first kappa shape index (κ1) is 21.7. The molecule has 0 saturated carbocycles. The smallest absolute Gasteiger partial charge is 0.408 e. The van der Waals surface area contributed by atoms with Crippen molar-refractivity contribution in [2.45, 2.75) is 45.8 Å². The van der Waals surface area contributed by atoms with Crippen LogP contribution in [0.25, 0.3) is 0 Å². The van der Waals surface area contributed by atoms with Gasteiger partial charge in [-0.3, -0.25) is 0 Å². The number of oxime groups is 1. The number of nitrogens with one attached hydrogen (secondary N) is 1. The highest BCUT2D eigenvalue weighted by Crippen LogP contribution is 2.20. The minimum absolute atomic E-state index is 0.144. The van der Waals surface area contributed by atoms with E-state index in [1.54, 1.807) is 20.8 Å². The van der Waals surface area contributed by atoms with Crippen LogP contribution in [0.4, 0.5) is 4.79 Å². The number of nitrogens with zero attached hydrogens (tertiary/aromatic N) is 1. The first-order valence-electron chi connectivity index (χ1n) is 7.44. The predicted molar refractivity (Wildman–Crippen MR) is 107 cm³/mol. The predicted octanol–water partition coefficient (Wildman–Crippen LogP) is 3.32. The third kappa shape index (κ3) is 8.52. The van der Waals surface area contributed by atoms with E-state index in [0.29, 0.717) is 6.42 Å². The fraction of sp³-hybridized carbons (Fsp3) is 0.438. The SMILES string of the molecule is C[C@H](NC(=O)OC(C)(C)C)C(=O)O/N=C(\N)Cc1ccc(I)c(Br)c1. The Balaban J connectivity index is 2.53. The number of halogens is 2. The molecule has 0 spiro atoms. The maximum atomic E-state index is 11.8. The number of amides is 1. The van der Waals surface area contributed by atoms with Gasteiger partial charge in [0.25, 0.3) is 0 Å². The number of nitrogens with two attached hydrogens (primary N) is 1. The summed E-state index contributed by atoms with van der Waals surface area (Å²) in [5.41, 5.74) is 6.04. The van der Waals surface area contributed by atoms with E-state index >= 15 is 0 Å². The van der Waals surface area contributed by atoms with Crippen LogP contribution in [0, 0.1) is 3.57 Å². The maximum Gasteiger partial charge on any atom is 0.408 e. The molecule has 0 bridgehead atoms. The van der Waals surface area contributed by atoms with Crippen molar-refractivity contribution in [1.82, 2.24) is 5.32 Å². The second-order valence-electron chi connectivity index (χ2n) is 6.29. The van der Waals surface area contributed by atoms with Gasteiger partial charge in [0.2, 0.25) is 0 Å². The number of carbonyl (C=O) groups is 2. The average molecular weight is 526 g/mol. The summed E-state index contributed by atoms with van der Waals surface area (Å²) in [6.07, 6.45) is -0.380. The van der Waals surface area contributed by atoms with E-state index in [1.807, 2.05) is 18.2 Å². The second kappa shape index (κ2) is 9.37. The molecule has 7 nitrogen and oxygen atoms in total. The molecule has 25 heavy (non-hydrogen) atoms. The van der Waals surface area contributed by atoms with Gasteiger partial charge < -0.3 is 20.6 Å². The van der Waals surface area contributed by atoms with Crippen LogP contribution >= 0.6 is 38.5 Å². The lowest BCUT2D eigenvalue weighted by molar-refractivity contribution is -0.145. The first-order valence-corrected chi connectivity index (χ1v) is 9.32. The number of amidine groups is 1. The van der Waals surface area contributed by atoms with Crippen molar-refractivity contribution in [3.05, 3.63) is 31.8 Å². The molecule has 0 aliphatic carbocycles. The minimum atomic E-state index is -0.918. The number of hydrogen-bond acceptors (Lipinski definition) is 5. The van der Waals surface area contributed by atoms with Crippen molar-refractivity contribution in [2.75, 3.05) is 0 Å². The van der Waals surface area contributed by atoms with Crippen molar-refractivity contribution in [2.24, 2.45) is 10.9 Å². The van der Waals surface area contributed by atoms with Crippen LogP contribution in [0.15, 0.2) is 27.8 Å². The average Bonchev–Trinajstić information content (AvgIpc) is 2.46. The van der Waals surface area contributed by atoms with Gasteiger partial charge in [-0.05, 0) is 83.9 Å². The van der Waals surface area contributed by atoms with Crippen LogP contribution in [0.3, 0.4) is 0 Å². The lowest BCUT2D eigenvalue weighted by atomic mass is 10.1. The summed E-state index contributed by atoms with van der Waals surface area (Å²) in [4.78, 5) is 28.2. The van der Waals surface area contributed by atoms with Gasteiger partial charge in [0, 0.05) is 14.5 Å². The largest absolute Gasteiger partial charge is 0.444 e. The standard InChI is InChI=1S/C16H21BrIN3O4/c1-9(20-15(23)24-16(2,3)4)14(22)25-21-13(19)8-10-5-6-12(18)11(17)7-10/h5-7,9H,8H2,1-4H3,(H2,19,21)(H,20,23)/t9-/m0/s1. The molecule has 1 aromatic rings. The lowest BCUT2D eigenvalue weighted by Gasteiger charge is -2.20. The molecule has 1 rings (SSSR count). The number of carbonyl (C=O) groups excluding carboxylic acids is 2. The third-order valence-electron chi connectivity index (χ3n) is 2.71. The van der Waals surface area contributed by atoms with Gasteiger partial charge in [0.05, 0.1) is 0 Å². The molecular weight excluding hydrogens is 505 g/mol. The highest BCUT2D eigenvalue weighted by Gasteiger charge is 2.22. The van der Waals surface area contributed by atoms with Gasteiger partial charge in [0.15, 0.2) is 0 Å². The molecule has 0 fully saturated rings. The van der Waals surface area contributed by atoms with Gasteiger partial charge in [-0.2, -0.15) is 0 Å². The van der Waals surface area contributed by atoms with Gasteiger partial charge >= 0.3 is 12.1 Å². The Morgan fingerprint density at radius 1 is 1.40 bits per heavy atom. The fourth-order valence-electron chi connectivity index (χ4n) is 1.62. The third-order valence-corrected chi connectivity index (χ3v) is 5.05. The molecule has 1 aromatic carbocycles. The van der Waals surface area contributed by atoms with E-state index in [4.69, 9.17) is 15.3 Å². The number of benzene rings is 1. The van der Waals surface area contributed by atoms with E-state index in [-0.39, 0.29) is 5.84 Å². The van der Waals surface area contributed by atoms with Crippen molar-refractivity contribution >= 4 is 56.4 Å². The molecule has 0 aliphatic rings. The molecule has 1 atom stereocenters. The molecule has 0 heterocycles. The zero-order valence-corrected chi connectivity index (χ0v) is 18.2. The minimum Gasteiger partial charge on any atom is -0.444 e. The molecule has 0 unspecified atom stereocenters. The van der Waals surface area contributed by atoms with Crippen molar-refractivity contribution in [1.29, 1.82) is 0 Å². The summed E-state index contributed by atoms with van der Waals surface area (Å²) >= 11 is 5.64. The quantitative estimate of drug-likeness (QED) is 0.202. The zero-order chi connectivity index (χ0) is 19.2. The van der Waals surface area contributed by atoms with Crippen molar-refractivity contribution in [3.63, 3.8) is 0 Å². The topological polar surface area (TPSA) is 103 Å². The van der Waals surface area contributed by atoms with E-state index in [2.05, 4.69) is 49.0 Å². The van der Waals surface area contributed by atoms with Crippen LogP contribution in [0.1, 0.15) is 33.3 Å². The molecule has 0 aliphatic heterocycles. The molecule has 9 heteroatoms. The van der Waals surface area contributed by atoms with Gasteiger partial charge in [-0.15, -0.1) is 0 Å². The molecule has 138 valence electrons. The normalized spacial score (nSPS) is 13.1. The van der Waals surface area contributed by atoms with Crippen LogP contribution in [0.2, 0.25) is 0 Å². The number of alkyl carbamates (subject to hydrolysis) is 1. The molecule has 0 radical (unpaired) electrons. The summed E-state index contributed by atoms with van der Waals surface area (Å²) in [6.45, 7) is 6.64. The summed E-state index contributed by atoms with van der Waals surface area (Å²) < 4.78 is 7.08. The molecule has 1 amide bonds. The summed E-state index contributed by atoms with van der Waals surface area (Å²) in [6, 6.07) is 4.84. The highest BCUT2D eigenvalue weighted by atomic mass is 127. The van der Waals surface area contributed by atoms with Gasteiger partial charge in [-0.1, -0.05) is 11.2 Å². The van der Waals surface area contributed by atoms with E-state index in [1.165, 1.54) is 6.92 Å². The Morgan fingerprint density at radius 3 is 2.60 bits per heavy atom. The van der Waals surface area contributed by atoms with Crippen LogP contribution < -0.4 is 11.1 Å². The Morgan fingerprint density at radius 2 is 2.04 bits per heavy atom. The Kier molecular flexibility index (Phi) is 8.13. The molecule has 0 saturated heterocycles. The van der Waals surface area contributed by atoms with Crippen molar-refractivity contribution < 1.29 is 19.2 Å².